The average Bonchev–Trinajstić information content (AvgIpc) is 2.98. The highest BCUT2D eigenvalue weighted by Crippen LogP contribution is 2.10. The van der Waals surface area contributed by atoms with Gasteiger partial charge in [0.25, 0.3) is 0 Å². The van der Waals surface area contributed by atoms with E-state index in [0.29, 0.717) is 26.1 Å². The molecule has 0 aromatic carbocycles. The van der Waals surface area contributed by atoms with Gasteiger partial charge in [0, 0.05) is 51.4 Å². The molecule has 0 bridgehead atoms. The SMILES string of the molecule is CC(=O)N1CCC(NC(=O)NCCc2cn3ccccc3n2)CC1. The number of urea groups is 1. The van der Waals surface area contributed by atoms with Crippen molar-refractivity contribution in [1.82, 2.24) is 24.9 Å². The van der Waals surface area contributed by atoms with Crippen molar-refractivity contribution < 1.29 is 9.59 Å². The minimum absolute atomic E-state index is 0.102. The molecule has 128 valence electrons. The first-order valence-electron chi connectivity index (χ1n) is 8.34. The fraction of sp³-hybridized carbons (Fsp3) is 0.471. The fourth-order valence-electron chi connectivity index (χ4n) is 2.99. The van der Waals surface area contributed by atoms with Crippen LogP contribution in [0.25, 0.3) is 5.65 Å². The minimum atomic E-state index is -0.153. The third kappa shape index (κ3) is 4.04. The molecule has 7 nitrogen and oxygen atoms in total. The van der Waals surface area contributed by atoms with Gasteiger partial charge in [-0.2, -0.15) is 0 Å². The normalized spacial score (nSPS) is 15.5. The topological polar surface area (TPSA) is 78.7 Å². The third-order valence-corrected chi connectivity index (χ3v) is 4.36. The Morgan fingerprint density at radius 2 is 2.08 bits per heavy atom. The molecule has 0 spiro atoms. The lowest BCUT2D eigenvalue weighted by Gasteiger charge is -2.31. The molecule has 1 fully saturated rings. The summed E-state index contributed by atoms with van der Waals surface area (Å²) in [5.41, 5.74) is 1.87. The van der Waals surface area contributed by atoms with Gasteiger partial charge < -0.3 is 19.9 Å². The lowest BCUT2D eigenvalue weighted by Crippen LogP contribution is -2.49. The van der Waals surface area contributed by atoms with E-state index in [1.807, 2.05) is 39.9 Å². The highest BCUT2D eigenvalue weighted by Gasteiger charge is 2.21. The number of likely N-dealkylation sites (tertiary alicyclic amines) is 1. The summed E-state index contributed by atoms with van der Waals surface area (Å²) in [5, 5.41) is 5.85. The summed E-state index contributed by atoms with van der Waals surface area (Å²) < 4.78 is 1.97. The number of nitrogens with zero attached hydrogens (tertiary/aromatic N) is 3. The number of rotatable bonds is 4. The molecule has 0 aliphatic carbocycles. The van der Waals surface area contributed by atoms with Crippen LogP contribution < -0.4 is 10.6 Å². The van der Waals surface area contributed by atoms with E-state index >= 15 is 0 Å². The maximum Gasteiger partial charge on any atom is 0.315 e. The van der Waals surface area contributed by atoms with Crippen molar-refractivity contribution in [3.05, 3.63) is 36.3 Å². The molecule has 2 N–H and O–H groups in total. The number of pyridine rings is 1. The Bertz CT molecular complexity index is 686. The second kappa shape index (κ2) is 7.33. The summed E-state index contributed by atoms with van der Waals surface area (Å²) in [6.45, 7) is 3.55. The molecule has 3 heterocycles. The van der Waals surface area contributed by atoms with E-state index < -0.39 is 0 Å². The number of hydrogen-bond acceptors (Lipinski definition) is 3. The first kappa shape index (κ1) is 16.3. The van der Waals surface area contributed by atoms with Gasteiger partial charge in [-0.25, -0.2) is 9.78 Å². The van der Waals surface area contributed by atoms with Crippen molar-refractivity contribution in [3.8, 4) is 0 Å². The van der Waals surface area contributed by atoms with Crippen LogP contribution in [0.1, 0.15) is 25.5 Å². The van der Waals surface area contributed by atoms with Crippen LogP contribution in [-0.2, 0) is 11.2 Å². The summed E-state index contributed by atoms with van der Waals surface area (Å²) in [6, 6.07) is 5.85. The highest BCUT2D eigenvalue weighted by atomic mass is 16.2. The van der Waals surface area contributed by atoms with Gasteiger partial charge in [-0.05, 0) is 25.0 Å². The first-order valence-corrected chi connectivity index (χ1v) is 8.34. The third-order valence-electron chi connectivity index (χ3n) is 4.36. The Morgan fingerprint density at radius 1 is 1.29 bits per heavy atom. The summed E-state index contributed by atoms with van der Waals surface area (Å²) in [5.74, 6) is 0.102. The Morgan fingerprint density at radius 3 is 2.79 bits per heavy atom. The molecular formula is C17H23N5O2. The van der Waals surface area contributed by atoms with Gasteiger partial charge in [-0.15, -0.1) is 0 Å². The van der Waals surface area contributed by atoms with Gasteiger partial charge in [0.2, 0.25) is 5.91 Å². The van der Waals surface area contributed by atoms with Crippen molar-refractivity contribution in [2.24, 2.45) is 0 Å². The van der Waals surface area contributed by atoms with Crippen molar-refractivity contribution in [2.45, 2.75) is 32.2 Å². The molecular weight excluding hydrogens is 306 g/mol. The van der Waals surface area contributed by atoms with Crippen molar-refractivity contribution >= 4 is 17.6 Å². The average molecular weight is 329 g/mol. The Labute approximate surface area is 141 Å². The molecule has 3 amide bonds. The lowest BCUT2D eigenvalue weighted by atomic mass is 10.1. The van der Waals surface area contributed by atoms with Gasteiger partial charge in [-0.1, -0.05) is 6.07 Å². The molecule has 1 saturated heterocycles. The van der Waals surface area contributed by atoms with E-state index in [-0.39, 0.29) is 18.0 Å². The van der Waals surface area contributed by atoms with Crippen LogP contribution in [-0.4, -0.2) is 51.9 Å². The van der Waals surface area contributed by atoms with Gasteiger partial charge in [-0.3, -0.25) is 4.79 Å². The lowest BCUT2D eigenvalue weighted by molar-refractivity contribution is -0.129. The van der Waals surface area contributed by atoms with Crippen LogP contribution in [0, 0.1) is 0 Å². The summed E-state index contributed by atoms with van der Waals surface area (Å²) in [7, 11) is 0. The number of aromatic nitrogens is 2. The van der Waals surface area contributed by atoms with Crippen molar-refractivity contribution in [3.63, 3.8) is 0 Å². The van der Waals surface area contributed by atoms with Crippen LogP contribution >= 0.6 is 0 Å². The second-order valence-corrected chi connectivity index (χ2v) is 6.13. The van der Waals surface area contributed by atoms with Crippen LogP contribution in [0.15, 0.2) is 30.6 Å². The molecule has 1 aliphatic heterocycles. The van der Waals surface area contributed by atoms with E-state index in [9.17, 15) is 9.59 Å². The molecule has 0 atom stereocenters. The molecule has 2 aromatic rings. The zero-order valence-electron chi connectivity index (χ0n) is 13.9. The molecule has 2 aromatic heterocycles. The summed E-state index contributed by atoms with van der Waals surface area (Å²) >= 11 is 0. The second-order valence-electron chi connectivity index (χ2n) is 6.13. The van der Waals surface area contributed by atoms with Gasteiger partial charge in [0.05, 0.1) is 5.69 Å². The molecule has 0 unspecified atom stereocenters. The summed E-state index contributed by atoms with van der Waals surface area (Å²) in [4.78, 5) is 29.6. The largest absolute Gasteiger partial charge is 0.343 e. The number of carbonyl (C=O) groups is 2. The molecule has 0 saturated carbocycles. The van der Waals surface area contributed by atoms with Gasteiger partial charge >= 0.3 is 6.03 Å². The predicted molar refractivity (Wildman–Crippen MR) is 90.7 cm³/mol. The highest BCUT2D eigenvalue weighted by molar-refractivity contribution is 5.75. The smallest absolute Gasteiger partial charge is 0.315 e. The van der Waals surface area contributed by atoms with Crippen molar-refractivity contribution in [1.29, 1.82) is 0 Å². The zero-order valence-corrected chi connectivity index (χ0v) is 13.9. The maximum absolute atomic E-state index is 12.0. The van der Waals surface area contributed by atoms with Crippen LogP contribution in [0.3, 0.4) is 0 Å². The number of amides is 3. The number of carbonyl (C=O) groups excluding carboxylic acids is 2. The zero-order chi connectivity index (χ0) is 16.9. The van der Waals surface area contributed by atoms with E-state index in [4.69, 9.17) is 0 Å². The first-order chi connectivity index (χ1) is 11.6. The van der Waals surface area contributed by atoms with E-state index in [2.05, 4.69) is 15.6 Å². The fourth-order valence-corrected chi connectivity index (χ4v) is 2.99. The Hall–Kier alpha value is -2.57. The number of nitrogens with one attached hydrogen (secondary N) is 2. The predicted octanol–water partition coefficient (Wildman–Crippen LogP) is 1.19. The number of hydrogen-bond donors (Lipinski definition) is 2. The molecule has 0 radical (unpaired) electrons. The molecule has 3 rings (SSSR count). The van der Waals surface area contributed by atoms with Crippen LogP contribution in [0.2, 0.25) is 0 Å². The van der Waals surface area contributed by atoms with Crippen LogP contribution in [0.4, 0.5) is 4.79 Å². The van der Waals surface area contributed by atoms with Gasteiger partial charge in [0.15, 0.2) is 0 Å². The quantitative estimate of drug-likeness (QED) is 0.884. The Balaban J connectivity index is 1.39. The van der Waals surface area contributed by atoms with Crippen LogP contribution in [0.5, 0.6) is 0 Å². The minimum Gasteiger partial charge on any atom is -0.343 e. The number of fused-ring (bicyclic) bond motifs is 1. The van der Waals surface area contributed by atoms with E-state index in [0.717, 1.165) is 24.2 Å². The maximum atomic E-state index is 12.0. The number of piperidine rings is 1. The molecule has 7 heteroatoms. The standard InChI is InChI=1S/C17H23N5O2/c1-13(23)21-10-6-14(7-11-21)20-17(24)18-8-5-15-12-22-9-3-2-4-16(22)19-15/h2-4,9,12,14H,5-8,10-11H2,1H3,(H2,18,20,24). The van der Waals surface area contributed by atoms with E-state index in [1.165, 1.54) is 0 Å². The summed E-state index contributed by atoms with van der Waals surface area (Å²) in [6.07, 6.45) is 6.24. The molecule has 1 aliphatic rings. The van der Waals surface area contributed by atoms with Gasteiger partial charge in [0.1, 0.15) is 5.65 Å². The monoisotopic (exact) mass is 329 g/mol. The Kier molecular flexibility index (Phi) is 4.98. The van der Waals surface area contributed by atoms with E-state index in [1.54, 1.807) is 6.92 Å². The van der Waals surface area contributed by atoms with Crippen molar-refractivity contribution in [2.75, 3.05) is 19.6 Å². The molecule has 24 heavy (non-hydrogen) atoms. The number of imidazole rings is 1.